The zero-order valence-corrected chi connectivity index (χ0v) is 18.1. The number of nitrogens with zero attached hydrogens (tertiary/aromatic N) is 2. The summed E-state index contributed by atoms with van der Waals surface area (Å²) in [5, 5.41) is 2.51. The minimum absolute atomic E-state index is 0.160. The van der Waals surface area contributed by atoms with Gasteiger partial charge in [-0.2, -0.15) is 0 Å². The van der Waals surface area contributed by atoms with E-state index in [1.807, 2.05) is 24.3 Å². The van der Waals surface area contributed by atoms with Crippen LogP contribution in [-0.4, -0.2) is 37.0 Å². The molecule has 0 spiro atoms. The minimum Gasteiger partial charge on any atom is -0.497 e. The number of rotatable bonds is 6. The van der Waals surface area contributed by atoms with E-state index in [0.29, 0.717) is 31.0 Å². The number of benzene rings is 3. The summed E-state index contributed by atoms with van der Waals surface area (Å²) < 4.78 is 33.1. The van der Waals surface area contributed by atoms with Crippen molar-refractivity contribution in [2.24, 2.45) is 0 Å². The Balaban J connectivity index is 1.50. The van der Waals surface area contributed by atoms with Crippen LogP contribution < -0.4 is 15.0 Å². The summed E-state index contributed by atoms with van der Waals surface area (Å²) in [6.07, 6.45) is 0.771. The van der Waals surface area contributed by atoms with E-state index in [4.69, 9.17) is 4.74 Å². The van der Waals surface area contributed by atoms with Crippen molar-refractivity contribution in [3.8, 4) is 5.75 Å². The van der Waals surface area contributed by atoms with Gasteiger partial charge >= 0.3 is 6.03 Å². The van der Waals surface area contributed by atoms with E-state index in [2.05, 4.69) is 5.32 Å². The number of anilines is 2. The van der Waals surface area contributed by atoms with E-state index in [1.165, 1.54) is 6.07 Å². The predicted molar refractivity (Wildman–Crippen MR) is 122 cm³/mol. The van der Waals surface area contributed by atoms with Gasteiger partial charge in [-0.25, -0.2) is 13.6 Å². The number of halogens is 2. The molecule has 0 unspecified atom stereocenters. The fourth-order valence-electron chi connectivity index (χ4n) is 3.82. The van der Waals surface area contributed by atoms with Gasteiger partial charge < -0.3 is 15.0 Å². The molecule has 1 N–H and O–H groups in total. The Morgan fingerprint density at radius 1 is 1.00 bits per heavy atom. The van der Waals surface area contributed by atoms with Crippen LogP contribution in [-0.2, 0) is 6.54 Å². The van der Waals surface area contributed by atoms with Gasteiger partial charge in [0.2, 0.25) is 0 Å². The van der Waals surface area contributed by atoms with Crippen LogP contribution in [0.15, 0.2) is 66.7 Å². The molecule has 1 aliphatic heterocycles. The molecular formula is C25H23F2N3O3. The summed E-state index contributed by atoms with van der Waals surface area (Å²) >= 11 is 0. The maximum atomic E-state index is 13.9. The fraction of sp³-hybridized carbons (Fsp3) is 0.200. The predicted octanol–water partition coefficient (Wildman–Crippen LogP) is 5.06. The molecule has 8 heteroatoms. The zero-order valence-electron chi connectivity index (χ0n) is 18.1. The Kier molecular flexibility index (Phi) is 6.53. The molecule has 0 bridgehead atoms. The highest BCUT2D eigenvalue weighted by Gasteiger charge is 2.27. The highest BCUT2D eigenvalue weighted by atomic mass is 19.1. The number of amides is 3. The van der Waals surface area contributed by atoms with Crippen LogP contribution in [0.5, 0.6) is 5.75 Å². The monoisotopic (exact) mass is 451 g/mol. The van der Waals surface area contributed by atoms with Gasteiger partial charge in [0, 0.05) is 31.0 Å². The number of hydrogen-bond acceptors (Lipinski definition) is 3. The normalized spacial score (nSPS) is 13.7. The number of carbonyl (C=O) groups excluding carboxylic acids is 2. The van der Waals surface area contributed by atoms with Crippen molar-refractivity contribution < 1.29 is 23.1 Å². The zero-order chi connectivity index (χ0) is 23.4. The first-order chi connectivity index (χ1) is 16.0. The Morgan fingerprint density at radius 3 is 2.48 bits per heavy atom. The first kappa shape index (κ1) is 22.3. The lowest BCUT2D eigenvalue weighted by Crippen LogP contribution is -2.49. The standard InChI is InChI=1S/C25H23F2N3O3/c1-33-20-9-2-6-17(14-20)16-29-12-5-13-30(25(29)32)19-8-3-7-18(15-19)28-24(31)23-21(26)10-4-11-22(23)27/h2-4,6-11,14-15H,5,12-13,16H2,1H3,(H,28,31). The van der Waals surface area contributed by atoms with Gasteiger partial charge in [-0.05, 0) is 54.4 Å². The summed E-state index contributed by atoms with van der Waals surface area (Å²) in [4.78, 5) is 29.0. The molecule has 33 heavy (non-hydrogen) atoms. The molecule has 1 saturated heterocycles. The number of nitrogens with one attached hydrogen (secondary N) is 1. The van der Waals surface area contributed by atoms with E-state index < -0.39 is 23.1 Å². The third kappa shape index (κ3) is 4.95. The molecule has 1 aliphatic rings. The summed E-state index contributed by atoms with van der Waals surface area (Å²) in [5.41, 5.74) is 1.22. The van der Waals surface area contributed by atoms with E-state index in [9.17, 15) is 18.4 Å². The van der Waals surface area contributed by atoms with Gasteiger partial charge in [0.25, 0.3) is 5.91 Å². The highest BCUT2D eigenvalue weighted by molar-refractivity contribution is 6.05. The van der Waals surface area contributed by atoms with Crippen molar-refractivity contribution in [3.63, 3.8) is 0 Å². The molecule has 3 aromatic rings. The van der Waals surface area contributed by atoms with E-state index >= 15 is 0 Å². The fourth-order valence-corrected chi connectivity index (χ4v) is 3.82. The lowest BCUT2D eigenvalue weighted by Gasteiger charge is -2.36. The van der Waals surface area contributed by atoms with Crippen LogP contribution in [0.25, 0.3) is 0 Å². The van der Waals surface area contributed by atoms with Gasteiger partial charge in [0.05, 0.1) is 7.11 Å². The Bertz CT molecular complexity index is 1160. The minimum atomic E-state index is -0.942. The molecule has 3 amide bonds. The maximum absolute atomic E-state index is 13.9. The number of urea groups is 1. The van der Waals surface area contributed by atoms with Crippen LogP contribution in [0.2, 0.25) is 0 Å². The molecule has 1 fully saturated rings. The number of methoxy groups -OCH3 is 1. The molecule has 3 aromatic carbocycles. The Hall–Kier alpha value is -3.94. The molecule has 170 valence electrons. The second-order valence-corrected chi connectivity index (χ2v) is 7.66. The summed E-state index contributed by atoms with van der Waals surface area (Å²) in [7, 11) is 1.60. The van der Waals surface area contributed by atoms with Crippen LogP contribution >= 0.6 is 0 Å². The molecule has 0 aliphatic carbocycles. The lowest BCUT2D eigenvalue weighted by atomic mass is 10.1. The van der Waals surface area contributed by atoms with Crippen molar-refractivity contribution in [3.05, 3.63) is 89.5 Å². The van der Waals surface area contributed by atoms with Gasteiger partial charge in [-0.3, -0.25) is 9.69 Å². The molecule has 0 atom stereocenters. The van der Waals surface area contributed by atoms with Gasteiger partial charge in [0.1, 0.15) is 22.9 Å². The first-order valence-electron chi connectivity index (χ1n) is 10.5. The smallest absolute Gasteiger partial charge is 0.324 e. The largest absolute Gasteiger partial charge is 0.497 e. The third-order valence-electron chi connectivity index (χ3n) is 5.42. The van der Waals surface area contributed by atoms with Crippen LogP contribution in [0, 0.1) is 11.6 Å². The SMILES string of the molecule is COc1cccc(CN2CCCN(c3cccc(NC(=O)c4c(F)cccc4F)c3)C2=O)c1. The third-order valence-corrected chi connectivity index (χ3v) is 5.42. The van der Waals surface area contributed by atoms with Gasteiger partial charge in [-0.15, -0.1) is 0 Å². The molecule has 6 nitrogen and oxygen atoms in total. The first-order valence-corrected chi connectivity index (χ1v) is 10.5. The lowest BCUT2D eigenvalue weighted by molar-refractivity contribution is 0.101. The molecule has 0 aromatic heterocycles. The van der Waals surface area contributed by atoms with Crippen LogP contribution in [0.3, 0.4) is 0 Å². The molecule has 0 radical (unpaired) electrons. The van der Waals surface area contributed by atoms with Gasteiger partial charge in [-0.1, -0.05) is 24.3 Å². The van der Waals surface area contributed by atoms with Crippen molar-refractivity contribution in [2.75, 3.05) is 30.4 Å². The van der Waals surface area contributed by atoms with Gasteiger partial charge in [0.15, 0.2) is 0 Å². The van der Waals surface area contributed by atoms with E-state index in [1.54, 1.807) is 41.2 Å². The average Bonchev–Trinajstić information content (AvgIpc) is 2.80. The van der Waals surface area contributed by atoms with E-state index in [0.717, 1.165) is 29.9 Å². The van der Waals surface area contributed by atoms with Crippen molar-refractivity contribution in [2.45, 2.75) is 13.0 Å². The average molecular weight is 451 g/mol. The second-order valence-electron chi connectivity index (χ2n) is 7.66. The maximum Gasteiger partial charge on any atom is 0.324 e. The highest BCUT2D eigenvalue weighted by Crippen LogP contribution is 2.25. The van der Waals surface area contributed by atoms with Crippen molar-refractivity contribution in [1.29, 1.82) is 0 Å². The van der Waals surface area contributed by atoms with Crippen LogP contribution in [0.1, 0.15) is 22.3 Å². The molecule has 0 saturated carbocycles. The number of ether oxygens (including phenoxy) is 1. The van der Waals surface area contributed by atoms with E-state index in [-0.39, 0.29) is 6.03 Å². The Labute approximate surface area is 190 Å². The summed E-state index contributed by atoms with van der Waals surface area (Å²) in [6.45, 7) is 1.58. The molecule has 4 rings (SSSR count). The summed E-state index contributed by atoms with van der Waals surface area (Å²) in [6, 6.07) is 17.3. The Morgan fingerprint density at radius 2 is 1.73 bits per heavy atom. The summed E-state index contributed by atoms with van der Waals surface area (Å²) in [5.74, 6) is -2.05. The van der Waals surface area contributed by atoms with Crippen LogP contribution in [0.4, 0.5) is 25.0 Å². The molecule has 1 heterocycles. The molecular weight excluding hydrogens is 428 g/mol. The number of carbonyl (C=O) groups is 2. The number of hydrogen-bond donors (Lipinski definition) is 1. The topological polar surface area (TPSA) is 61.9 Å². The quantitative estimate of drug-likeness (QED) is 0.570. The second kappa shape index (κ2) is 9.68. The van der Waals surface area contributed by atoms with Crippen molar-refractivity contribution >= 4 is 23.3 Å². The van der Waals surface area contributed by atoms with Crippen molar-refractivity contribution in [1.82, 2.24) is 4.90 Å².